The number of ether oxygens (including phenoxy) is 1. The highest BCUT2D eigenvalue weighted by Gasteiger charge is 2.24. The maximum absolute atomic E-state index is 13.4. The van der Waals surface area contributed by atoms with E-state index >= 15 is 0 Å². The van der Waals surface area contributed by atoms with Crippen LogP contribution in [0.4, 0.5) is 4.39 Å². The van der Waals surface area contributed by atoms with Gasteiger partial charge in [-0.05, 0) is 32.0 Å². The summed E-state index contributed by atoms with van der Waals surface area (Å²) in [6.07, 6.45) is 0.828. The lowest BCUT2D eigenvalue weighted by Crippen LogP contribution is -2.42. The molecule has 1 aromatic rings. The molecule has 1 N–H and O–H groups in total. The van der Waals surface area contributed by atoms with E-state index in [1.807, 2.05) is 20.8 Å². The molecule has 16 heavy (non-hydrogen) atoms. The summed E-state index contributed by atoms with van der Waals surface area (Å²) in [5.41, 5.74) is -0.363. The monoisotopic (exact) mass is 225 g/mol. The quantitative estimate of drug-likeness (QED) is 0.803. The largest absolute Gasteiger partial charge is 0.483 e. The number of hydrogen-bond donors (Lipinski definition) is 1. The van der Waals surface area contributed by atoms with E-state index < -0.39 is 0 Å². The Hall–Kier alpha value is -1.09. The van der Waals surface area contributed by atoms with Crippen molar-refractivity contribution in [3.63, 3.8) is 0 Å². The van der Waals surface area contributed by atoms with Crippen LogP contribution in [0.3, 0.4) is 0 Å². The summed E-state index contributed by atoms with van der Waals surface area (Å²) < 4.78 is 19.2. The Morgan fingerprint density at radius 2 is 2.00 bits per heavy atom. The molecule has 0 fully saturated rings. The Balaban J connectivity index is 2.72. The summed E-state index contributed by atoms with van der Waals surface area (Å²) in [5, 5.41) is 3.23. The first-order valence-electron chi connectivity index (χ1n) is 5.75. The number of likely N-dealkylation sites (N-methyl/N-ethyl adjacent to an activating group) is 1. The Morgan fingerprint density at radius 1 is 1.31 bits per heavy atom. The SMILES string of the molecule is CCNCC(C)(CC)Oc1ccccc1F. The summed E-state index contributed by atoms with van der Waals surface area (Å²) in [7, 11) is 0. The van der Waals surface area contributed by atoms with E-state index in [2.05, 4.69) is 5.32 Å². The Kier molecular flexibility index (Phi) is 4.74. The van der Waals surface area contributed by atoms with Gasteiger partial charge >= 0.3 is 0 Å². The molecule has 0 aliphatic heterocycles. The lowest BCUT2D eigenvalue weighted by Gasteiger charge is -2.30. The number of benzene rings is 1. The van der Waals surface area contributed by atoms with Crippen LogP contribution in [0.15, 0.2) is 24.3 Å². The fourth-order valence-corrected chi connectivity index (χ4v) is 1.42. The van der Waals surface area contributed by atoms with Gasteiger partial charge in [0.2, 0.25) is 0 Å². The second kappa shape index (κ2) is 5.85. The number of nitrogens with one attached hydrogen (secondary N) is 1. The molecule has 0 heterocycles. The van der Waals surface area contributed by atoms with Crippen molar-refractivity contribution in [1.29, 1.82) is 0 Å². The minimum Gasteiger partial charge on any atom is -0.483 e. The smallest absolute Gasteiger partial charge is 0.165 e. The Labute approximate surface area is 96.8 Å². The van der Waals surface area contributed by atoms with Gasteiger partial charge in [0.25, 0.3) is 0 Å². The minimum absolute atomic E-state index is 0.307. The summed E-state index contributed by atoms with van der Waals surface area (Å²) in [6, 6.07) is 6.52. The fraction of sp³-hybridized carbons (Fsp3) is 0.538. The number of halogens is 1. The van der Waals surface area contributed by atoms with Crippen LogP contribution in [0.25, 0.3) is 0 Å². The zero-order chi connectivity index (χ0) is 12.0. The molecule has 0 aliphatic carbocycles. The maximum Gasteiger partial charge on any atom is 0.165 e. The average Bonchev–Trinajstić information content (AvgIpc) is 2.30. The fourth-order valence-electron chi connectivity index (χ4n) is 1.42. The van der Waals surface area contributed by atoms with Crippen molar-refractivity contribution in [2.24, 2.45) is 0 Å². The highest BCUT2D eigenvalue weighted by Crippen LogP contribution is 2.23. The molecule has 3 heteroatoms. The highest BCUT2D eigenvalue weighted by molar-refractivity contribution is 5.24. The third-order valence-electron chi connectivity index (χ3n) is 2.69. The second-order valence-corrected chi connectivity index (χ2v) is 4.12. The molecule has 1 aromatic carbocycles. The van der Waals surface area contributed by atoms with E-state index in [1.165, 1.54) is 6.07 Å². The lowest BCUT2D eigenvalue weighted by molar-refractivity contribution is 0.0792. The molecule has 1 unspecified atom stereocenters. The van der Waals surface area contributed by atoms with Gasteiger partial charge in [0.05, 0.1) is 0 Å². The maximum atomic E-state index is 13.4. The van der Waals surface area contributed by atoms with Crippen LogP contribution in [0.2, 0.25) is 0 Å². The number of rotatable bonds is 6. The zero-order valence-corrected chi connectivity index (χ0v) is 10.2. The van der Waals surface area contributed by atoms with Gasteiger partial charge in [0.15, 0.2) is 11.6 Å². The van der Waals surface area contributed by atoms with E-state index in [1.54, 1.807) is 18.2 Å². The molecular formula is C13H20FNO. The molecule has 0 bridgehead atoms. The normalized spacial score (nSPS) is 14.5. The van der Waals surface area contributed by atoms with Gasteiger partial charge in [-0.2, -0.15) is 0 Å². The topological polar surface area (TPSA) is 21.3 Å². The predicted molar refractivity (Wildman–Crippen MR) is 64.3 cm³/mol. The molecule has 1 rings (SSSR count). The first-order chi connectivity index (χ1) is 7.61. The van der Waals surface area contributed by atoms with Crippen LogP contribution >= 0.6 is 0 Å². The first kappa shape index (κ1) is 13.0. The van der Waals surface area contributed by atoms with Crippen LogP contribution in [0.5, 0.6) is 5.75 Å². The van der Waals surface area contributed by atoms with E-state index in [0.29, 0.717) is 12.3 Å². The molecular weight excluding hydrogens is 205 g/mol. The van der Waals surface area contributed by atoms with Gasteiger partial charge in [-0.1, -0.05) is 26.0 Å². The van der Waals surface area contributed by atoms with Gasteiger partial charge in [-0.25, -0.2) is 4.39 Å². The van der Waals surface area contributed by atoms with Crippen molar-refractivity contribution in [1.82, 2.24) is 5.32 Å². The first-order valence-corrected chi connectivity index (χ1v) is 5.75. The molecule has 0 spiro atoms. The molecule has 2 nitrogen and oxygen atoms in total. The Morgan fingerprint density at radius 3 is 2.56 bits per heavy atom. The molecule has 0 amide bonds. The van der Waals surface area contributed by atoms with E-state index in [0.717, 1.165) is 13.0 Å². The van der Waals surface area contributed by atoms with Gasteiger partial charge in [0, 0.05) is 6.54 Å². The summed E-state index contributed by atoms with van der Waals surface area (Å²) >= 11 is 0. The Bertz CT molecular complexity index is 329. The van der Waals surface area contributed by atoms with E-state index in [4.69, 9.17) is 4.74 Å². The van der Waals surface area contributed by atoms with E-state index in [-0.39, 0.29) is 11.4 Å². The minimum atomic E-state index is -0.363. The van der Waals surface area contributed by atoms with Crippen molar-refractivity contribution in [2.75, 3.05) is 13.1 Å². The molecule has 0 saturated heterocycles. The lowest BCUT2D eigenvalue weighted by atomic mass is 10.0. The number of para-hydroxylation sites is 1. The zero-order valence-electron chi connectivity index (χ0n) is 10.2. The second-order valence-electron chi connectivity index (χ2n) is 4.12. The van der Waals surface area contributed by atoms with Crippen LogP contribution in [0.1, 0.15) is 27.2 Å². The van der Waals surface area contributed by atoms with Crippen molar-refractivity contribution < 1.29 is 9.13 Å². The third kappa shape index (κ3) is 3.49. The van der Waals surface area contributed by atoms with Gasteiger partial charge < -0.3 is 10.1 Å². The summed E-state index contributed by atoms with van der Waals surface area (Å²) in [5.74, 6) is 0.0171. The third-order valence-corrected chi connectivity index (χ3v) is 2.69. The van der Waals surface area contributed by atoms with Crippen molar-refractivity contribution in [3.8, 4) is 5.75 Å². The van der Waals surface area contributed by atoms with Crippen LogP contribution < -0.4 is 10.1 Å². The number of hydrogen-bond acceptors (Lipinski definition) is 2. The van der Waals surface area contributed by atoms with Crippen LogP contribution in [-0.2, 0) is 0 Å². The highest BCUT2D eigenvalue weighted by atomic mass is 19.1. The van der Waals surface area contributed by atoms with E-state index in [9.17, 15) is 4.39 Å². The average molecular weight is 225 g/mol. The van der Waals surface area contributed by atoms with Crippen LogP contribution in [0, 0.1) is 5.82 Å². The standard InChI is InChI=1S/C13H20FNO/c1-4-13(3,10-15-5-2)16-12-9-7-6-8-11(12)14/h6-9,15H,4-5,10H2,1-3H3. The summed E-state index contributed by atoms with van der Waals surface area (Å²) in [6.45, 7) is 7.67. The van der Waals surface area contributed by atoms with Gasteiger partial charge in [0.1, 0.15) is 5.60 Å². The molecule has 90 valence electrons. The molecule has 0 radical (unpaired) electrons. The van der Waals surface area contributed by atoms with Crippen molar-refractivity contribution >= 4 is 0 Å². The van der Waals surface area contributed by atoms with Crippen molar-refractivity contribution in [2.45, 2.75) is 32.8 Å². The molecule has 0 aliphatic rings. The molecule has 0 aromatic heterocycles. The molecule has 0 saturated carbocycles. The van der Waals surface area contributed by atoms with Gasteiger partial charge in [-0.3, -0.25) is 0 Å². The summed E-state index contributed by atoms with van der Waals surface area (Å²) in [4.78, 5) is 0. The van der Waals surface area contributed by atoms with Crippen LogP contribution in [-0.4, -0.2) is 18.7 Å². The molecule has 1 atom stereocenters. The van der Waals surface area contributed by atoms with Crippen molar-refractivity contribution in [3.05, 3.63) is 30.1 Å². The predicted octanol–water partition coefficient (Wildman–Crippen LogP) is 2.98. The van der Waals surface area contributed by atoms with Gasteiger partial charge in [-0.15, -0.1) is 0 Å².